The number of anilines is 1. The standard InChI is InChI=1S/C58H82N2/c1-19-43(35-33-41(5)55(7,8)9)59(46-29-25-23-26-30-46)45(21-3)39-51-49(22-4)53(57(13,14)15)52-40-48(37-38-50(52)54(51)58(16,17)18)60(47-31-27-24-28-32-47)44(20-2)36-34-42(6)56(10,11)12/h19-20,23,25-27,29-36,38-40,42,48H,5,21-22,24,28,37H2,1-4,6-18H3/b35-33-,36-34-,43-19+,44-20+,45-39+. The van der Waals surface area contributed by atoms with Crippen LogP contribution in [0.25, 0.3) is 18.2 Å². The number of para-hydroxylation sites is 1. The molecule has 0 radical (unpaired) electrons. The second kappa shape index (κ2) is 19.6. The highest BCUT2D eigenvalue weighted by molar-refractivity contribution is 5.73. The molecule has 2 unspecified atom stereocenters. The van der Waals surface area contributed by atoms with Crippen LogP contribution in [0.5, 0.6) is 0 Å². The van der Waals surface area contributed by atoms with Crippen molar-refractivity contribution in [1.29, 1.82) is 0 Å². The average molecular weight is 807 g/mol. The van der Waals surface area contributed by atoms with Gasteiger partial charge in [-0.05, 0) is 148 Å². The van der Waals surface area contributed by atoms with E-state index in [1.54, 1.807) is 0 Å². The van der Waals surface area contributed by atoms with Gasteiger partial charge in [0.25, 0.3) is 0 Å². The van der Waals surface area contributed by atoms with Crippen LogP contribution in [0.1, 0.15) is 166 Å². The molecule has 0 aliphatic heterocycles. The van der Waals surface area contributed by atoms with E-state index in [2.05, 4.69) is 237 Å². The zero-order valence-corrected chi connectivity index (χ0v) is 41.1. The normalized spacial score (nSPS) is 17.6. The van der Waals surface area contributed by atoms with E-state index in [1.807, 2.05) is 0 Å². The van der Waals surface area contributed by atoms with E-state index < -0.39 is 0 Å². The van der Waals surface area contributed by atoms with E-state index >= 15 is 0 Å². The summed E-state index contributed by atoms with van der Waals surface area (Å²) in [5, 5.41) is 2.83. The van der Waals surface area contributed by atoms with Gasteiger partial charge in [-0.15, -0.1) is 0 Å². The molecule has 4 rings (SSSR count). The van der Waals surface area contributed by atoms with Gasteiger partial charge in [-0.2, -0.15) is 0 Å². The van der Waals surface area contributed by atoms with E-state index in [0.29, 0.717) is 5.92 Å². The van der Waals surface area contributed by atoms with Crippen LogP contribution < -0.4 is 15.3 Å². The van der Waals surface area contributed by atoms with Crippen molar-refractivity contribution in [3.8, 4) is 0 Å². The first-order valence-corrected chi connectivity index (χ1v) is 23.0. The number of allylic oxidation sites excluding steroid dienone is 11. The maximum absolute atomic E-state index is 4.44. The molecule has 0 heterocycles. The summed E-state index contributed by atoms with van der Waals surface area (Å²) in [6, 6.07) is 11.1. The Balaban J connectivity index is 2.11. The van der Waals surface area contributed by atoms with Crippen molar-refractivity contribution in [2.45, 2.75) is 167 Å². The van der Waals surface area contributed by atoms with Crippen LogP contribution in [0.3, 0.4) is 0 Å². The van der Waals surface area contributed by atoms with Crippen molar-refractivity contribution < 1.29 is 0 Å². The van der Waals surface area contributed by atoms with Gasteiger partial charge in [0.2, 0.25) is 0 Å². The van der Waals surface area contributed by atoms with Crippen LogP contribution in [-0.4, -0.2) is 10.9 Å². The third-order valence-electron chi connectivity index (χ3n) is 12.5. The first-order valence-electron chi connectivity index (χ1n) is 23.0. The van der Waals surface area contributed by atoms with E-state index in [4.69, 9.17) is 0 Å². The van der Waals surface area contributed by atoms with Crippen LogP contribution >= 0.6 is 0 Å². The van der Waals surface area contributed by atoms with Crippen molar-refractivity contribution in [2.75, 3.05) is 4.90 Å². The maximum atomic E-state index is 4.44. The highest BCUT2D eigenvalue weighted by Crippen LogP contribution is 2.37. The Hall–Kier alpha value is -4.30. The molecule has 2 aliphatic carbocycles. The monoisotopic (exact) mass is 807 g/mol. The van der Waals surface area contributed by atoms with E-state index in [0.717, 1.165) is 49.1 Å². The van der Waals surface area contributed by atoms with Gasteiger partial charge in [-0.3, -0.25) is 0 Å². The highest BCUT2D eigenvalue weighted by atomic mass is 15.2. The summed E-state index contributed by atoms with van der Waals surface area (Å²) in [4.78, 5) is 5.09. The second-order valence-corrected chi connectivity index (χ2v) is 21.2. The summed E-state index contributed by atoms with van der Waals surface area (Å²) in [7, 11) is 0. The lowest BCUT2D eigenvalue weighted by Gasteiger charge is -2.38. The number of hydrogen-bond acceptors (Lipinski definition) is 2. The molecule has 0 spiro atoms. The molecule has 2 aliphatic rings. The lowest BCUT2D eigenvalue weighted by Crippen LogP contribution is -2.47. The summed E-state index contributed by atoms with van der Waals surface area (Å²) in [6.45, 7) is 44.0. The van der Waals surface area contributed by atoms with Gasteiger partial charge in [0, 0.05) is 28.5 Å². The minimum atomic E-state index is -0.105. The molecule has 2 aromatic rings. The zero-order valence-electron chi connectivity index (χ0n) is 41.1. The van der Waals surface area contributed by atoms with Gasteiger partial charge in [0.05, 0.1) is 6.04 Å². The van der Waals surface area contributed by atoms with Gasteiger partial charge >= 0.3 is 0 Å². The Kier molecular flexibility index (Phi) is 15.8. The maximum Gasteiger partial charge on any atom is 0.0565 e. The predicted octanol–water partition coefficient (Wildman–Crippen LogP) is 15.2. The minimum absolute atomic E-state index is 0.00991. The first-order chi connectivity index (χ1) is 28.0. The lowest BCUT2D eigenvalue weighted by molar-refractivity contribution is 0.313. The fourth-order valence-electron chi connectivity index (χ4n) is 8.56. The quantitative estimate of drug-likeness (QED) is 0.186. The molecule has 0 saturated carbocycles. The largest absolute Gasteiger partial charge is 0.335 e. The Labute approximate surface area is 368 Å². The molecule has 0 bridgehead atoms. The molecule has 0 amide bonds. The number of hydrogen-bond donors (Lipinski definition) is 0. The Morgan fingerprint density at radius 2 is 1.42 bits per heavy atom. The van der Waals surface area contributed by atoms with Gasteiger partial charge in [-0.25, -0.2) is 0 Å². The summed E-state index contributed by atoms with van der Waals surface area (Å²) in [5.74, 6) is 0.446. The smallest absolute Gasteiger partial charge is 0.0565 e. The van der Waals surface area contributed by atoms with Gasteiger partial charge in [0.1, 0.15) is 0 Å². The topological polar surface area (TPSA) is 6.48 Å². The summed E-state index contributed by atoms with van der Waals surface area (Å²) >= 11 is 0. The molecule has 0 saturated heterocycles. The van der Waals surface area contributed by atoms with Crippen molar-refractivity contribution in [2.24, 2.45) is 16.7 Å². The Morgan fingerprint density at radius 1 is 0.783 bits per heavy atom. The third kappa shape index (κ3) is 11.3. The van der Waals surface area contributed by atoms with E-state index in [-0.39, 0.29) is 27.7 Å². The van der Waals surface area contributed by atoms with Crippen LogP contribution in [0.4, 0.5) is 5.69 Å². The Morgan fingerprint density at radius 3 is 1.92 bits per heavy atom. The summed E-state index contributed by atoms with van der Waals surface area (Å²) in [5.41, 5.74) is 13.0. The van der Waals surface area contributed by atoms with Gasteiger partial charge < -0.3 is 9.80 Å². The minimum Gasteiger partial charge on any atom is -0.335 e. The fourth-order valence-corrected chi connectivity index (χ4v) is 8.56. The highest BCUT2D eigenvalue weighted by Gasteiger charge is 2.32. The summed E-state index contributed by atoms with van der Waals surface area (Å²) < 4.78 is 0. The number of rotatable bonds is 13. The fraction of sp³-hybridized carbons (Fsp3) is 0.483. The molecule has 324 valence electrons. The first kappa shape index (κ1) is 48.4. The van der Waals surface area contributed by atoms with Crippen molar-refractivity contribution in [3.63, 3.8) is 0 Å². The molecule has 0 N–H and O–H groups in total. The number of nitrogens with zero attached hydrogens (tertiary/aromatic N) is 2. The SMILES string of the molecule is C=C(/C=C\C(=C/C)N(/C(=C/c1c(CC)c(C(C)(C)C)c2c(c1C(C)(C)C)=CCC(N(C1=CCCC=C1)C(/C=C\C(C)C(C)(C)C)=C/C)C=2)CC)c1ccccc1)C(C)(C)C. The zero-order chi connectivity index (χ0) is 44.8. The van der Waals surface area contributed by atoms with E-state index in [9.17, 15) is 0 Å². The second-order valence-electron chi connectivity index (χ2n) is 21.2. The van der Waals surface area contributed by atoms with Crippen molar-refractivity contribution in [1.82, 2.24) is 4.90 Å². The molecular weight excluding hydrogens is 725 g/mol. The molecule has 2 heteroatoms. The van der Waals surface area contributed by atoms with Crippen molar-refractivity contribution >= 4 is 23.9 Å². The molecule has 2 nitrogen and oxygen atoms in total. The number of fused-ring (bicyclic) bond motifs is 1. The molecule has 0 aromatic heterocycles. The van der Waals surface area contributed by atoms with Crippen LogP contribution in [0.2, 0.25) is 0 Å². The van der Waals surface area contributed by atoms with Crippen LogP contribution in [-0.2, 0) is 17.3 Å². The van der Waals surface area contributed by atoms with Crippen molar-refractivity contribution in [3.05, 3.63) is 153 Å². The van der Waals surface area contributed by atoms with Crippen LogP contribution in [0.15, 0.2) is 120 Å². The van der Waals surface area contributed by atoms with Gasteiger partial charge in [-0.1, -0.05) is 177 Å². The lowest BCUT2D eigenvalue weighted by atomic mass is 9.71. The van der Waals surface area contributed by atoms with Crippen LogP contribution in [0, 0.1) is 16.7 Å². The predicted molar refractivity (Wildman–Crippen MR) is 268 cm³/mol. The van der Waals surface area contributed by atoms with Gasteiger partial charge in [0.15, 0.2) is 0 Å². The van der Waals surface area contributed by atoms with E-state index in [1.165, 1.54) is 49.8 Å². The number of benzene rings is 2. The molecular formula is C58H82N2. The molecule has 60 heavy (non-hydrogen) atoms. The third-order valence-corrected chi connectivity index (χ3v) is 12.5. The average Bonchev–Trinajstić information content (AvgIpc) is 3.18. The Bertz CT molecular complexity index is 2180. The molecule has 2 aromatic carbocycles. The summed E-state index contributed by atoms with van der Waals surface area (Å²) in [6.07, 6.45) is 33.7. The molecule has 0 fully saturated rings. The molecule has 2 atom stereocenters.